The summed E-state index contributed by atoms with van der Waals surface area (Å²) in [6, 6.07) is 7.40. The lowest BCUT2D eigenvalue weighted by molar-refractivity contribution is 0.0697. The normalized spacial score (nSPS) is 18.0. The van der Waals surface area contributed by atoms with E-state index in [1.165, 1.54) is 0 Å². The van der Waals surface area contributed by atoms with Crippen LogP contribution in [0, 0.1) is 6.92 Å². The molecule has 2 N–H and O–H groups in total. The highest BCUT2D eigenvalue weighted by Gasteiger charge is 2.17. The molecule has 0 unspecified atom stereocenters. The van der Waals surface area contributed by atoms with Crippen LogP contribution in [-0.2, 0) is 0 Å². The van der Waals surface area contributed by atoms with Crippen molar-refractivity contribution in [2.75, 3.05) is 33.3 Å². The van der Waals surface area contributed by atoms with Crippen LogP contribution < -0.4 is 10.1 Å². The summed E-state index contributed by atoms with van der Waals surface area (Å²) in [6.07, 6.45) is 2.60. The quantitative estimate of drug-likeness (QED) is 0.775. The van der Waals surface area contributed by atoms with Crippen LogP contribution in [0.15, 0.2) is 24.3 Å². The predicted octanol–water partition coefficient (Wildman–Crippen LogP) is 2.13. The molecule has 6 nitrogen and oxygen atoms in total. The van der Waals surface area contributed by atoms with Gasteiger partial charge in [0.15, 0.2) is 0 Å². The maximum absolute atomic E-state index is 12.6. The summed E-state index contributed by atoms with van der Waals surface area (Å²) in [7, 11) is 1.62. The molecule has 0 radical (unpaired) electrons. The van der Waals surface area contributed by atoms with Crippen molar-refractivity contribution in [3.05, 3.63) is 35.5 Å². The molecule has 1 aromatic heterocycles. The fourth-order valence-electron chi connectivity index (χ4n) is 3.49. The smallest absolute Gasteiger partial charge is 0.252 e. The zero-order valence-electron chi connectivity index (χ0n) is 15.5. The fourth-order valence-corrected chi connectivity index (χ4v) is 3.49. The number of nitrogens with one attached hydrogen (secondary N) is 1. The molecule has 2 heterocycles. The number of likely N-dealkylation sites (tertiary alicyclic amines) is 1. The van der Waals surface area contributed by atoms with E-state index in [-0.39, 0.29) is 12.0 Å². The number of β-amino-alcohol motifs (C(OH)–C–C–N with tert-alkyl or cyclic N) is 1. The Hall–Kier alpha value is -2.18. The molecule has 1 aliphatic rings. The van der Waals surface area contributed by atoms with Crippen molar-refractivity contribution >= 4 is 16.8 Å². The summed E-state index contributed by atoms with van der Waals surface area (Å²) in [5.41, 5.74) is 2.21. The van der Waals surface area contributed by atoms with Gasteiger partial charge in [-0.2, -0.15) is 0 Å². The molecule has 1 aliphatic heterocycles. The third kappa shape index (κ3) is 4.51. The highest BCUT2D eigenvalue weighted by atomic mass is 16.5. The number of aryl methyl sites for hydroxylation is 1. The fraction of sp³-hybridized carbons (Fsp3) is 0.500. The summed E-state index contributed by atoms with van der Waals surface area (Å²) in [5, 5.41) is 13.5. The Kier molecular flexibility index (Phi) is 6.06. The minimum atomic E-state index is -0.207. The van der Waals surface area contributed by atoms with Crippen LogP contribution in [0.2, 0.25) is 0 Å². The predicted molar refractivity (Wildman–Crippen MR) is 102 cm³/mol. The van der Waals surface area contributed by atoms with Crippen molar-refractivity contribution in [1.29, 1.82) is 0 Å². The van der Waals surface area contributed by atoms with Crippen LogP contribution >= 0.6 is 0 Å². The van der Waals surface area contributed by atoms with Gasteiger partial charge in [-0.25, -0.2) is 0 Å². The number of aliphatic hydroxyl groups excluding tert-OH is 1. The molecule has 0 bridgehead atoms. The molecule has 1 amide bonds. The second kappa shape index (κ2) is 8.47. The van der Waals surface area contributed by atoms with Gasteiger partial charge >= 0.3 is 0 Å². The summed E-state index contributed by atoms with van der Waals surface area (Å²) in [4.78, 5) is 19.4. The first kappa shape index (κ1) is 18.6. The molecule has 1 saturated heterocycles. The third-order valence-corrected chi connectivity index (χ3v) is 4.81. The molecular weight excluding hydrogens is 330 g/mol. The molecule has 0 saturated carbocycles. The first-order valence-corrected chi connectivity index (χ1v) is 9.21. The van der Waals surface area contributed by atoms with E-state index >= 15 is 0 Å². The minimum absolute atomic E-state index is 0.0793. The van der Waals surface area contributed by atoms with E-state index in [4.69, 9.17) is 4.74 Å². The summed E-state index contributed by atoms with van der Waals surface area (Å²) < 4.78 is 5.24. The lowest BCUT2D eigenvalue weighted by Crippen LogP contribution is -2.39. The third-order valence-electron chi connectivity index (χ3n) is 4.81. The summed E-state index contributed by atoms with van der Waals surface area (Å²) in [6.45, 7) is 5.16. The standard InChI is InChI=1S/C20H27N3O3/c1-14-11-18(17-7-6-16(26-2)12-19(17)22-14)20(25)21-8-4-10-23-9-3-5-15(24)13-23/h6-7,11-12,15,24H,3-5,8-10,13H2,1-2H3,(H,21,25)/t15-/m0/s1. The van der Waals surface area contributed by atoms with Crippen LogP contribution in [0.4, 0.5) is 0 Å². The highest BCUT2D eigenvalue weighted by molar-refractivity contribution is 6.06. The van der Waals surface area contributed by atoms with Gasteiger partial charge in [-0.3, -0.25) is 9.78 Å². The van der Waals surface area contributed by atoms with Gasteiger partial charge in [0, 0.05) is 30.2 Å². The molecule has 3 rings (SSSR count). The number of methoxy groups -OCH3 is 1. The second-order valence-electron chi connectivity index (χ2n) is 6.90. The van der Waals surface area contributed by atoms with Gasteiger partial charge in [0.2, 0.25) is 0 Å². The van der Waals surface area contributed by atoms with Crippen LogP contribution in [0.25, 0.3) is 10.9 Å². The Labute approximate surface area is 154 Å². The molecule has 26 heavy (non-hydrogen) atoms. The maximum Gasteiger partial charge on any atom is 0.252 e. The molecule has 6 heteroatoms. The monoisotopic (exact) mass is 357 g/mol. The number of fused-ring (bicyclic) bond motifs is 1. The van der Waals surface area contributed by atoms with E-state index in [2.05, 4.69) is 15.2 Å². The Balaban J connectivity index is 1.60. The van der Waals surface area contributed by atoms with Crippen molar-refractivity contribution in [3.8, 4) is 5.75 Å². The van der Waals surface area contributed by atoms with E-state index in [1.807, 2.05) is 31.2 Å². The number of aliphatic hydroxyl groups is 1. The number of carbonyl (C=O) groups is 1. The largest absolute Gasteiger partial charge is 0.497 e. The highest BCUT2D eigenvalue weighted by Crippen LogP contribution is 2.23. The van der Waals surface area contributed by atoms with Gasteiger partial charge in [0.1, 0.15) is 5.75 Å². The van der Waals surface area contributed by atoms with Gasteiger partial charge in [-0.05, 0) is 57.5 Å². The van der Waals surface area contributed by atoms with Gasteiger partial charge in [0.25, 0.3) is 5.91 Å². The average molecular weight is 357 g/mol. The Bertz CT molecular complexity index is 778. The number of benzene rings is 1. The van der Waals surface area contributed by atoms with Crippen molar-refractivity contribution in [2.24, 2.45) is 0 Å². The number of pyridine rings is 1. The average Bonchev–Trinajstić information content (AvgIpc) is 2.63. The topological polar surface area (TPSA) is 74.7 Å². The summed E-state index contributed by atoms with van der Waals surface area (Å²) >= 11 is 0. The second-order valence-corrected chi connectivity index (χ2v) is 6.90. The van der Waals surface area contributed by atoms with Crippen molar-refractivity contribution in [1.82, 2.24) is 15.2 Å². The molecule has 0 aliphatic carbocycles. The first-order valence-electron chi connectivity index (χ1n) is 9.21. The van der Waals surface area contributed by atoms with E-state index in [9.17, 15) is 9.90 Å². The van der Waals surface area contributed by atoms with E-state index in [0.717, 1.165) is 61.2 Å². The number of aromatic nitrogens is 1. The number of piperidine rings is 1. The van der Waals surface area contributed by atoms with E-state index in [0.29, 0.717) is 12.1 Å². The Morgan fingerprint density at radius 2 is 2.27 bits per heavy atom. The van der Waals surface area contributed by atoms with E-state index in [1.54, 1.807) is 7.11 Å². The van der Waals surface area contributed by atoms with Crippen molar-refractivity contribution < 1.29 is 14.6 Å². The van der Waals surface area contributed by atoms with Crippen LogP contribution in [-0.4, -0.2) is 60.3 Å². The summed E-state index contributed by atoms with van der Waals surface area (Å²) in [5.74, 6) is 0.648. The van der Waals surface area contributed by atoms with Crippen LogP contribution in [0.1, 0.15) is 35.3 Å². The maximum atomic E-state index is 12.6. The molecule has 0 spiro atoms. The number of hydrogen-bond donors (Lipinski definition) is 2. The molecule has 1 atom stereocenters. The molecule has 1 fully saturated rings. The number of ether oxygens (including phenoxy) is 1. The van der Waals surface area contributed by atoms with Gasteiger partial charge in [-0.15, -0.1) is 0 Å². The lowest BCUT2D eigenvalue weighted by atomic mass is 10.1. The number of nitrogens with zero attached hydrogens (tertiary/aromatic N) is 2. The SMILES string of the molecule is COc1ccc2c(C(=O)NCCCN3CCC[C@H](O)C3)cc(C)nc2c1. The zero-order chi connectivity index (χ0) is 18.5. The number of rotatable bonds is 6. The number of hydrogen-bond acceptors (Lipinski definition) is 5. The van der Waals surface area contributed by atoms with Crippen molar-refractivity contribution in [2.45, 2.75) is 32.3 Å². The molecule has 2 aromatic rings. The van der Waals surface area contributed by atoms with Crippen LogP contribution in [0.3, 0.4) is 0 Å². The number of amides is 1. The lowest BCUT2D eigenvalue weighted by Gasteiger charge is -2.29. The Morgan fingerprint density at radius 3 is 3.04 bits per heavy atom. The Morgan fingerprint density at radius 1 is 1.42 bits per heavy atom. The van der Waals surface area contributed by atoms with Gasteiger partial charge in [0.05, 0.1) is 24.3 Å². The zero-order valence-corrected chi connectivity index (χ0v) is 15.5. The molecular formula is C20H27N3O3. The number of carbonyl (C=O) groups excluding carboxylic acids is 1. The van der Waals surface area contributed by atoms with E-state index < -0.39 is 0 Å². The minimum Gasteiger partial charge on any atom is -0.497 e. The van der Waals surface area contributed by atoms with Crippen LogP contribution in [0.5, 0.6) is 5.75 Å². The van der Waals surface area contributed by atoms with Crippen molar-refractivity contribution in [3.63, 3.8) is 0 Å². The van der Waals surface area contributed by atoms with Gasteiger partial charge < -0.3 is 20.1 Å². The first-order chi connectivity index (χ1) is 12.6. The molecule has 140 valence electrons. The van der Waals surface area contributed by atoms with Gasteiger partial charge in [-0.1, -0.05) is 0 Å². The molecule has 1 aromatic carbocycles.